The first-order valence-electron chi connectivity index (χ1n) is 10.4. The normalized spacial score (nSPS) is 12.1. The number of nitrogens with zero attached hydrogens (tertiary/aromatic N) is 6. The van der Waals surface area contributed by atoms with E-state index in [2.05, 4.69) is 27.1 Å². The van der Waals surface area contributed by atoms with E-state index in [-0.39, 0.29) is 5.97 Å². The van der Waals surface area contributed by atoms with Crippen molar-refractivity contribution in [2.75, 3.05) is 6.61 Å². The molecule has 0 fully saturated rings. The van der Waals surface area contributed by atoms with Gasteiger partial charge in [0.05, 0.1) is 18.0 Å². The molecule has 0 spiro atoms. The summed E-state index contributed by atoms with van der Waals surface area (Å²) in [6.45, 7) is 4.18. The Balaban J connectivity index is 1.85. The first kappa shape index (κ1) is 20.6. The zero-order chi connectivity index (χ0) is 21.6. The Bertz CT molecular complexity index is 1160. The van der Waals surface area contributed by atoms with Gasteiger partial charge in [0.1, 0.15) is 5.92 Å². The summed E-state index contributed by atoms with van der Waals surface area (Å²) in [5.74, 6) is -0.419. The smallest absolute Gasteiger partial charge is 0.317 e. The molecule has 1 atom stereocenters. The van der Waals surface area contributed by atoms with Gasteiger partial charge in [-0.2, -0.15) is 0 Å². The average molecular weight is 416 g/mol. The van der Waals surface area contributed by atoms with Gasteiger partial charge in [-0.05, 0) is 43.5 Å². The molecule has 8 heteroatoms. The van der Waals surface area contributed by atoms with E-state index >= 15 is 0 Å². The summed E-state index contributed by atoms with van der Waals surface area (Å²) in [4.78, 5) is 26.1. The van der Waals surface area contributed by atoms with E-state index in [4.69, 9.17) is 9.72 Å². The molecule has 0 N–H and O–H groups in total. The largest absolute Gasteiger partial charge is 0.465 e. The predicted molar refractivity (Wildman–Crippen MR) is 115 cm³/mol. The number of aryl methyl sites for hydroxylation is 1. The van der Waals surface area contributed by atoms with Gasteiger partial charge in [-0.1, -0.05) is 19.4 Å². The maximum absolute atomic E-state index is 12.9. The Labute approximate surface area is 180 Å². The molecule has 8 nitrogen and oxygen atoms in total. The molecule has 0 aromatic carbocycles. The van der Waals surface area contributed by atoms with Gasteiger partial charge in [0, 0.05) is 36.5 Å². The predicted octanol–water partition coefficient (Wildman–Crippen LogP) is 3.42. The van der Waals surface area contributed by atoms with Crippen molar-refractivity contribution >= 4 is 11.6 Å². The van der Waals surface area contributed by atoms with Crippen LogP contribution in [0.5, 0.6) is 0 Å². The quantitative estimate of drug-likeness (QED) is 0.406. The van der Waals surface area contributed by atoms with Crippen molar-refractivity contribution in [1.29, 1.82) is 0 Å². The van der Waals surface area contributed by atoms with Crippen molar-refractivity contribution in [2.45, 2.75) is 39.0 Å². The monoisotopic (exact) mass is 416 g/mol. The van der Waals surface area contributed by atoms with Crippen LogP contribution in [0.3, 0.4) is 0 Å². The molecule has 0 aliphatic rings. The molecular formula is C23H24N6O2. The summed E-state index contributed by atoms with van der Waals surface area (Å²) in [7, 11) is 0. The third-order valence-electron chi connectivity index (χ3n) is 4.98. The Kier molecular flexibility index (Phi) is 6.26. The topological polar surface area (TPSA) is 95.2 Å². The first-order chi connectivity index (χ1) is 15.2. The SMILES string of the molecule is CCCc1nc(-c2cccnc2)cn2c(C(Cc3cccnc3)C(=O)OCC)nnc12. The van der Waals surface area contributed by atoms with E-state index in [0.717, 1.165) is 35.4 Å². The molecule has 0 amide bonds. The molecule has 0 aliphatic heterocycles. The number of hydrogen-bond donors (Lipinski definition) is 0. The molecule has 0 aliphatic carbocycles. The van der Waals surface area contributed by atoms with E-state index in [9.17, 15) is 4.79 Å². The second-order valence-corrected chi connectivity index (χ2v) is 7.19. The third-order valence-corrected chi connectivity index (χ3v) is 4.98. The lowest BCUT2D eigenvalue weighted by molar-refractivity contribution is -0.145. The zero-order valence-electron chi connectivity index (χ0n) is 17.6. The number of fused-ring (bicyclic) bond motifs is 1. The maximum Gasteiger partial charge on any atom is 0.317 e. The van der Waals surface area contributed by atoms with Crippen LogP contribution in [0.1, 0.15) is 43.3 Å². The number of pyridine rings is 2. The van der Waals surface area contributed by atoms with E-state index in [1.807, 2.05) is 34.9 Å². The van der Waals surface area contributed by atoms with Crippen LogP contribution >= 0.6 is 0 Å². The van der Waals surface area contributed by atoms with Crippen LogP contribution in [0.15, 0.2) is 55.2 Å². The summed E-state index contributed by atoms with van der Waals surface area (Å²) in [5, 5.41) is 8.80. The van der Waals surface area contributed by atoms with Crippen LogP contribution in [0.4, 0.5) is 0 Å². The van der Waals surface area contributed by atoms with Crippen molar-refractivity contribution in [3.05, 3.63) is 72.3 Å². The van der Waals surface area contributed by atoms with Crippen LogP contribution in [0.2, 0.25) is 0 Å². The molecule has 0 radical (unpaired) electrons. The molecular weight excluding hydrogens is 392 g/mol. The highest BCUT2D eigenvalue weighted by atomic mass is 16.5. The van der Waals surface area contributed by atoms with E-state index in [1.54, 1.807) is 31.7 Å². The highest BCUT2D eigenvalue weighted by Crippen LogP contribution is 2.25. The van der Waals surface area contributed by atoms with Crippen molar-refractivity contribution < 1.29 is 9.53 Å². The highest BCUT2D eigenvalue weighted by Gasteiger charge is 2.29. The number of aromatic nitrogens is 6. The minimum atomic E-state index is -0.613. The number of carbonyl (C=O) groups is 1. The third kappa shape index (κ3) is 4.42. The van der Waals surface area contributed by atoms with Crippen molar-refractivity contribution in [2.24, 2.45) is 0 Å². The fourth-order valence-corrected chi connectivity index (χ4v) is 3.55. The first-order valence-corrected chi connectivity index (χ1v) is 10.4. The van der Waals surface area contributed by atoms with Gasteiger partial charge in [0.25, 0.3) is 0 Å². The molecule has 0 bridgehead atoms. The average Bonchev–Trinajstić information content (AvgIpc) is 3.23. The van der Waals surface area contributed by atoms with Crippen LogP contribution in [0.25, 0.3) is 16.9 Å². The Hall–Kier alpha value is -3.68. The molecule has 0 saturated heterocycles. The molecule has 4 rings (SSSR count). The zero-order valence-corrected chi connectivity index (χ0v) is 17.6. The van der Waals surface area contributed by atoms with Crippen molar-refractivity contribution in [1.82, 2.24) is 29.5 Å². The van der Waals surface area contributed by atoms with Crippen molar-refractivity contribution in [3.8, 4) is 11.3 Å². The summed E-state index contributed by atoms with van der Waals surface area (Å²) < 4.78 is 7.25. The molecule has 0 saturated carbocycles. The van der Waals surface area contributed by atoms with Gasteiger partial charge in [0.2, 0.25) is 0 Å². The molecule has 158 valence electrons. The second kappa shape index (κ2) is 9.42. The van der Waals surface area contributed by atoms with E-state index in [0.29, 0.717) is 24.5 Å². The molecule has 1 unspecified atom stereocenters. The van der Waals surface area contributed by atoms with Crippen molar-refractivity contribution in [3.63, 3.8) is 0 Å². The number of carbonyl (C=O) groups excluding carboxylic acids is 1. The lowest BCUT2D eigenvalue weighted by Crippen LogP contribution is -2.21. The molecule has 4 aromatic heterocycles. The summed E-state index contributed by atoms with van der Waals surface area (Å²) in [6.07, 6.45) is 10.9. The Morgan fingerprint density at radius 3 is 2.58 bits per heavy atom. The van der Waals surface area contributed by atoms with Crippen LogP contribution in [-0.2, 0) is 22.4 Å². The second-order valence-electron chi connectivity index (χ2n) is 7.19. The fraction of sp³-hybridized carbons (Fsp3) is 0.304. The van der Waals surface area contributed by atoms with Gasteiger partial charge >= 0.3 is 5.97 Å². The van der Waals surface area contributed by atoms with E-state index in [1.165, 1.54) is 0 Å². The molecule has 4 aromatic rings. The fourth-order valence-electron chi connectivity index (χ4n) is 3.55. The summed E-state index contributed by atoms with van der Waals surface area (Å²) in [5.41, 5.74) is 4.07. The van der Waals surface area contributed by atoms with Crippen LogP contribution < -0.4 is 0 Å². The molecule has 4 heterocycles. The summed E-state index contributed by atoms with van der Waals surface area (Å²) in [6, 6.07) is 7.62. The minimum Gasteiger partial charge on any atom is -0.465 e. The lowest BCUT2D eigenvalue weighted by atomic mass is 9.99. The number of hydrogen-bond acceptors (Lipinski definition) is 7. The number of rotatable bonds is 8. The lowest BCUT2D eigenvalue weighted by Gasteiger charge is -2.15. The minimum absolute atomic E-state index is 0.294. The standard InChI is InChI=1S/C23H24N6O2/c1-3-7-19-22-28-27-21(29(22)15-20(26-19)17-9-6-11-25-14-17)18(23(30)31-4-2)12-16-8-5-10-24-13-16/h5-6,8-11,13-15,18H,3-4,7,12H2,1-2H3. The maximum atomic E-state index is 12.9. The molecule has 31 heavy (non-hydrogen) atoms. The Morgan fingerprint density at radius 1 is 1.10 bits per heavy atom. The number of ether oxygens (including phenoxy) is 1. The van der Waals surface area contributed by atoms with Gasteiger partial charge in [-0.15, -0.1) is 10.2 Å². The van der Waals surface area contributed by atoms with Gasteiger partial charge in [-0.25, -0.2) is 4.98 Å². The highest BCUT2D eigenvalue weighted by molar-refractivity contribution is 5.78. The number of esters is 1. The Morgan fingerprint density at radius 2 is 1.90 bits per heavy atom. The van der Waals surface area contributed by atoms with Gasteiger partial charge in [-0.3, -0.25) is 19.2 Å². The van der Waals surface area contributed by atoms with Gasteiger partial charge < -0.3 is 4.74 Å². The van der Waals surface area contributed by atoms with Crippen LogP contribution in [0, 0.1) is 0 Å². The van der Waals surface area contributed by atoms with E-state index < -0.39 is 5.92 Å². The van der Waals surface area contributed by atoms with Crippen LogP contribution in [-0.4, -0.2) is 42.1 Å². The van der Waals surface area contributed by atoms with Gasteiger partial charge in [0.15, 0.2) is 11.5 Å². The summed E-state index contributed by atoms with van der Waals surface area (Å²) >= 11 is 0.